The molecule has 1 aliphatic heterocycles. The van der Waals surface area contributed by atoms with Gasteiger partial charge in [0.1, 0.15) is 0 Å². The predicted molar refractivity (Wildman–Crippen MR) is 68.3 cm³/mol. The molecular formula is C14H22N2. The minimum atomic E-state index is 0.602. The SMILES string of the molecule is CCc1ccccc1CN1CCCC1CN. The molecule has 2 rings (SSSR count). The Hall–Kier alpha value is -0.860. The highest BCUT2D eigenvalue weighted by Crippen LogP contribution is 2.21. The van der Waals surface area contributed by atoms with Gasteiger partial charge in [0.25, 0.3) is 0 Å². The van der Waals surface area contributed by atoms with Crippen molar-refractivity contribution in [1.82, 2.24) is 4.90 Å². The third kappa shape index (κ3) is 2.45. The average molecular weight is 218 g/mol. The van der Waals surface area contributed by atoms with Crippen LogP contribution in [0.15, 0.2) is 24.3 Å². The minimum Gasteiger partial charge on any atom is -0.329 e. The molecule has 0 aromatic heterocycles. The van der Waals surface area contributed by atoms with E-state index in [4.69, 9.17) is 5.73 Å². The second-order valence-electron chi connectivity index (χ2n) is 4.62. The van der Waals surface area contributed by atoms with E-state index in [1.165, 1.54) is 30.5 Å². The van der Waals surface area contributed by atoms with Gasteiger partial charge in [0, 0.05) is 19.1 Å². The Morgan fingerprint density at radius 3 is 2.75 bits per heavy atom. The van der Waals surface area contributed by atoms with Crippen LogP contribution in [0.5, 0.6) is 0 Å². The summed E-state index contributed by atoms with van der Waals surface area (Å²) in [4.78, 5) is 2.54. The van der Waals surface area contributed by atoms with Crippen LogP contribution in [0.3, 0.4) is 0 Å². The van der Waals surface area contributed by atoms with Gasteiger partial charge < -0.3 is 5.73 Å². The fourth-order valence-corrected chi connectivity index (χ4v) is 2.65. The Bertz CT molecular complexity index is 335. The molecule has 1 heterocycles. The first-order chi connectivity index (χ1) is 7.85. The summed E-state index contributed by atoms with van der Waals surface area (Å²) in [5, 5.41) is 0. The van der Waals surface area contributed by atoms with E-state index in [1.807, 2.05) is 0 Å². The lowest BCUT2D eigenvalue weighted by molar-refractivity contribution is 0.249. The number of rotatable bonds is 4. The zero-order valence-electron chi connectivity index (χ0n) is 10.2. The van der Waals surface area contributed by atoms with Crippen LogP contribution in [0.4, 0.5) is 0 Å². The van der Waals surface area contributed by atoms with E-state index >= 15 is 0 Å². The first kappa shape index (κ1) is 11.6. The Balaban J connectivity index is 2.08. The van der Waals surface area contributed by atoms with E-state index in [0.717, 1.165) is 19.5 Å². The second-order valence-corrected chi connectivity index (χ2v) is 4.62. The molecule has 1 unspecified atom stereocenters. The summed E-state index contributed by atoms with van der Waals surface area (Å²) in [6.07, 6.45) is 3.69. The van der Waals surface area contributed by atoms with Gasteiger partial charge in [-0.15, -0.1) is 0 Å². The summed E-state index contributed by atoms with van der Waals surface area (Å²) in [6, 6.07) is 9.37. The molecule has 2 nitrogen and oxygen atoms in total. The van der Waals surface area contributed by atoms with E-state index in [9.17, 15) is 0 Å². The number of aryl methyl sites for hydroxylation is 1. The van der Waals surface area contributed by atoms with Crippen LogP contribution >= 0.6 is 0 Å². The molecular weight excluding hydrogens is 196 g/mol. The molecule has 0 bridgehead atoms. The highest BCUT2D eigenvalue weighted by atomic mass is 15.2. The molecule has 1 fully saturated rings. The Morgan fingerprint density at radius 2 is 2.06 bits per heavy atom. The molecule has 1 saturated heterocycles. The van der Waals surface area contributed by atoms with E-state index < -0.39 is 0 Å². The average Bonchev–Trinajstić information content (AvgIpc) is 2.77. The number of hydrogen-bond acceptors (Lipinski definition) is 2. The normalized spacial score (nSPS) is 21.5. The van der Waals surface area contributed by atoms with Gasteiger partial charge in [-0.1, -0.05) is 31.2 Å². The predicted octanol–water partition coefficient (Wildman–Crippen LogP) is 2.17. The molecule has 1 atom stereocenters. The first-order valence-corrected chi connectivity index (χ1v) is 6.36. The van der Waals surface area contributed by atoms with E-state index in [1.54, 1.807) is 0 Å². The summed E-state index contributed by atoms with van der Waals surface area (Å²) in [7, 11) is 0. The third-order valence-electron chi connectivity index (χ3n) is 3.64. The molecule has 1 aromatic rings. The largest absolute Gasteiger partial charge is 0.329 e. The topological polar surface area (TPSA) is 29.3 Å². The molecule has 0 saturated carbocycles. The zero-order chi connectivity index (χ0) is 11.4. The Kier molecular flexibility index (Phi) is 3.97. The Labute approximate surface area is 98.4 Å². The molecule has 1 aliphatic rings. The van der Waals surface area contributed by atoms with Crippen LogP contribution in [-0.2, 0) is 13.0 Å². The van der Waals surface area contributed by atoms with Crippen LogP contribution < -0.4 is 5.73 Å². The van der Waals surface area contributed by atoms with Gasteiger partial charge >= 0.3 is 0 Å². The van der Waals surface area contributed by atoms with Gasteiger partial charge in [-0.2, -0.15) is 0 Å². The molecule has 2 heteroatoms. The van der Waals surface area contributed by atoms with Gasteiger partial charge in [0.05, 0.1) is 0 Å². The molecule has 88 valence electrons. The zero-order valence-corrected chi connectivity index (χ0v) is 10.2. The van der Waals surface area contributed by atoms with Crippen molar-refractivity contribution in [2.75, 3.05) is 13.1 Å². The van der Waals surface area contributed by atoms with Crippen LogP contribution in [0, 0.1) is 0 Å². The molecule has 16 heavy (non-hydrogen) atoms. The second kappa shape index (κ2) is 5.46. The highest BCUT2D eigenvalue weighted by molar-refractivity contribution is 5.27. The summed E-state index contributed by atoms with van der Waals surface area (Å²) in [5.74, 6) is 0. The fraction of sp³-hybridized carbons (Fsp3) is 0.571. The number of hydrogen-bond donors (Lipinski definition) is 1. The molecule has 1 aromatic carbocycles. The van der Waals surface area contributed by atoms with Crippen LogP contribution in [0.2, 0.25) is 0 Å². The number of benzene rings is 1. The lowest BCUT2D eigenvalue weighted by Crippen LogP contribution is -2.35. The summed E-state index contributed by atoms with van der Waals surface area (Å²) in [6.45, 7) is 5.31. The summed E-state index contributed by atoms with van der Waals surface area (Å²) >= 11 is 0. The quantitative estimate of drug-likeness (QED) is 0.839. The van der Waals surface area contributed by atoms with Crippen LogP contribution in [0.1, 0.15) is 30.9 Å². The van der Waals surface area contributed by atoms with Gasteiger partial charge in [-0.25, -0.2) is 0 Å². The molecule has 0 radical (unpaired) electrons. The smallest absolute Gasteiger partial charge is 0.0239 e. The van der Waals surface area contributed by atoms with Crippen molar-refractivity contribution in [3.8, 4) is 0 Å². The lowest BCUT2D eigenvalue weighted by Gasteiger charge is -2.24. The fourth-order valence-electron chi connectivity index (χ4n) is 2.65. The van der Waals surface area contributed by atoms with Crippen molar-refractivity contribution >= 4 is 0 Å². The molecule has 2 N–H and O–H groups in total. The molecule has 0 aliphatic carbocycles. The maximum atomic E-state index is 5.81. The molecule has 0 amide bonds. The van der Waals surface area contributed by atoms with Crippen molar-refractivity contribution in [2.45, 2.75) is 38.8 Å². The third-order valence-corrected chi connectivity index (χ3v) is 3.64. The van der Waals surface area contributed by atoms with Gasteiger partial charge in [-0.3, -0.25) is 4.90 Å². The maximum absolute atomic E-state index is 5.81. The van der Waals surface area contributed by atoms with E-state index in [0.29, 0.717) is 6.04 Å². The lowest BCUT2D eigenvalue weighted by atomic mass is 10.0. The van der Waals surface area contributed by atoms with Crippen molar-refractivity contribution in [1.29, 1.82) is 0 Å². The van der Waals surface area contributed by atoms with E-state index in [-0.39, 0.29) is 0 Å². The molecule has 0 spiro atoms. The number of nitrogens with two attached hydrogens (primary N) is 1. The van der Waals surface area contributed by atoms with E-state index in [2.05, 4.69) is 36.1 Å². The van der Waals surface area contributed by atoms with Gasteiger partial charge in [0.2, 0.25) is 0 Å². The van der Waals surface area contributed by atoms with Crippen LogP contribution in [0.25, 0.3) is 0 Å². The van der Waals surface area contributed by atoms with Crippen LogP contribution in [-0.4, -0.2) is 24.0 Å². The van der Waals surface area contributed by atoms with Crippen molar-refractivity contribution in [3.63, 3.8) is 0 Å². The van der Waals surface area contributed by atoms with Crippen molar-refractivity contribution in [2.24, 2.45) is 5.73 Å². The minimum absolute atomic E-state index is 0.602. The Morgan fingerprint density at radius 1 is 1.31 bits per heavy atom. The van der Waals surface area contributed by atoms with Gasteiger partial charge in [-0.05, 0) is 36.9 Å². The maximum Gasteiger partial charge on any atom is 0.0239 e. The number of nitrogens with zero attached hydrogens (tertiary/aromatic N) is 1. The van der Waals surface area contributed by atoms with Crippen molar-refractivity contribution < 1.29 is 0 Å². The van der Waals surface area contributed by atoms with Gasteiger partial charge in [0.15, 0.2) is 0 Å². The summed E-state index contributed by atoms with van der Waals surface area (Å²) in [5.41, 5.74) is 8.76. The first-order valence-electron chi connectivity index (χ1n) is 6.36. The number of likely N-dealkylation sites (tertiary alicyclic amines) is 1. The summed E-state index contributed by atoms with van der Waals surface area (Å²) < 4.78 is 0. The standard InChI is InChI=1S/C14H22N2/c1-2-12-6-3-4-7-13(12)11-16-9-5-8-14(16)10-15/h3-4,6-7,14H,2,5,8-11,15H2,1H3. The highest BCUT2D eigenvalue weighted by Gasteiger charge is 2.23. The monoisotopic (exact) mass is 218 g/mol. The van der Waals surface area contributed by atoms with Crippen molar-refractivity contribution in [3.05, 3.63) is 35.4 Å².